The number of carbonyl (C=O) groups excluding carboxylic acids is 1. The number of urea groups is 1. The second-order valence-corrected chi connectivity index (χ2v) is 6.80. The van der Waals surface area contributed by atoms with Crippen molar-refractivity contribution < 1.29 is 9.32 Å². The minimum atomic E-state index is -0.353. The Morgan fingerprint density at radius 2 is 1.75 bits per heavy atom. The molecule has 1 heterocycles. The highest BCUT2D eigenvalue weighted by Crippen LogP contribution is 2.34. The number of hydrogen-bond donors (Lipinski definition) is 3. The lowest BCUT2D eigenvalue weighted by Crippen LogP contribution is -2.19. The van der Waals surface area contributed by atoms with Crippen LogP contribution in [0.15, 0.2) is 65.3 Å². The molecule has 1 aromatic heterocycles. The minimum absolute atomic E-state index is 0.353. The van der Waals surface area contributed by atoms with Crippen molar-refractivity contribution in [2.75, 3.05) is 16.4 Å². The molecule has 0 fully saturated rings. The average Bonchev–Trinajstić information content (AvgIpc) is 3.14. The summed E-state index contributed by atoms with van der Waals surface area (Å²) in [4.78, 5) is 12.2. The Labute approximate surface area is 166 Å². The van der Waals surface area contributed by atoms with Crippen molar-refractivity contribution in [3.05, 3.63) is 71.4 Å². The zero-order valence-corrected chi connectivity index (χ0v) is 15.7. The highest BCUT2D eigenvalue weighted by atomic mass is 35.5. The van der Waals surface area contributed by atoms with Gasteiger partial charge in [-0.2, -0.15) is 0 Å². The van der Waals surface area contributed by atoms with Crippen molar-refractivity contribution in [3.8, 4) is 11.1 Å². The molecule has 140 valence electrons. The van der Waals surface area contributed by atoms with Gasteiger partial charge < -0.3 is 20.9 Å². The second kappa shape index (κ2) is 7.25. The van der Waals surface area contributed by atoms with Crippen LogP contribution in [-0.2, 0) is 0 Å². The summed E-state index contributed by atoms with van der Waals surface area (Å²) in [5.74, 6) is 0. The number of amides is 2. The number of aromatic nitrogens is 1. The first-order chi connectivity index (χ1) is 13.5. The van der Waals surface area contributed by atoms with Crippen LogP contribution in [0.1, 0.15) is 5.56 Å². The van der Waals surface area contributed by atoms with Crippen LogP contribution in [0.3, 0.4) is 0 Å². The van der Waals surface area contributed by atoms with Gasteiger partial charge in [0.25, 0.3) is 0 Å². The molecule has 0 spiro atoms. The van der Waals surface area contributed by atoms with Crippen LogP contribution in [0.25, 0.3) is 22.1 Å². The highest BCUT2D eigenvalue weighted by molar-refractivity contribution is 6.31. The quantitative estimate of drug-likeness (QED) is 0.391. The fraction of sp³-hybridized carbons (Fsp3) is 0.0476. The molecular formula is C21H17ClN4O2. The van der Waals surface area contributed by atoms with Crippen LogP contribution in [-0.4, -0.2) is 11.2 Å². The molecule has 0 bridgehead atoms. The van der Waals surface area contributed by atoms with Crippen LogP contribution in [0.2, 0.25) is 5.02 Å². The topological polar surface area (TPSA) is 93.2 Å². The predicted octanol–water partition coefficient (Wildman–Crippen LogP) is 5.68. The minimum Gasteiger partial charge on any atom is -0.398 e. The van der Waals surface area contributed by atoms with E-state index in [-0.39, 0.29) is 6.03 Å². The number of rotatable bonds is 3. The Bertz CT molecular complexity index is 1170. The van der Waals surface area contributed by atoms with Crippen LogP contribution in [0, 0.1) is 6.92 Å². The van der Waals surface area contributed by atoms with Gasteiger partial charge >= 0.3 is 6.03 Å². The zero-order valence-electron chi connectivity index (χ0n) is 15.0. The maximum atomic E-state index is 12.2. The first-order valence-corrected chi connectivity index (χ1v) is 8.96. The molecule has 4 rings (SSSR count). The number of nitrogens with zero attached hydrogens (tertiary/aromatic N) is 1. The first kappa shape index (κ1) is 17.9. The van der Waals surface area contributed by atoms with Crippen molar-refractivity contribution >= 4 is 45.7 Å². The van der Waals surface area contributed by atoms with E-state index in [0.717, 1.165) is 22.1 Å². The third-order valence-electron chi connectivity index (χ3n) is 4.43. The number of nitrogen functional groups attached to an aromatic ring is 1. The van der Waals surface area contributed by atoms with Gasteiger partial charge in [-0.3, -0.25) is 0 Å². The lowest BCUT2D eigenvalue weighted by atomic mass is 10.00. The molecule has 0 aliphatic rings. The summed E-state index contributed by atoms with van der Waals surface area (Å²) in [6.07, 6.45) is 1.65. The number of fused-ring (bicyclic) bond motifs is 1. The van der Waals surface area contributed by atoms with Crippen molar-refractivity contribution in [3.63, 3.8) is 0 Å². The molecule has 6 nitrogen and oxygen atoms in total. The molecule has 28 heavy (non-hydrogen) atoms. The average molecular weight is 393 g/mol. The smallest absolute Gasteiger partial charge is 0.323 e. The lowest BCUT2D eigenvalue weighted by Gasteiger charge is -2.10. The normalized spacial score (nSPS) is 10.8. The fourth-order valence-electron chi connectivity index (χ4n) is 2.97. The number of nitrogens with two attached hydrogens (primary N) is 1. The van der Waals surface area contributed by atoms with Gasteiger partial charge in [-0.1, -0.05) is 35.0 Å². The molecular weight excluding hydrogens is 376 g/mol. The van der Waals surface area contributed by atoms with Crippen molar-refractivity contribution in [2.45, 2.75) is 6.92 Å². The summed E-state index contributed by atoms with van der Waals surface area (Å²) in [7, 11) is 0. The Hall–Kier alpha value is -3.51. The van der Waals surface area contributed by atoms with Gasteiger partial charge in [-0.25, -0.2) is 4.79 Å². The molecule has 4 aromatic rings. The third-order valence-corrected chi connectivity index (χ3v) is 4.84. The molecule has 4 N–H and O–H groups in total. The molecule has 7 heteroatoms. The Kier molecular flexibility index (Phi) is 4.63. The van der Waals surface area contributed by atoms with E-state index in [1.165, 1.54) is 0 Å². The van der Waals surface area contributed by atoms with Gasteiger partial charge in [-0.05, 0) is 54.4 Å². The van der Waals surface area contributed by atoms with Gasteiger partial charge in [0.05, 0.1) is 11.6 Å². The van der Waals surface area contributed by atoms with Crippen LogP contribution in [0.5, 0.6) is 0 Å². The maximum Gasteiger partial charge on any atom is 0.323 e. The van der Waals surface area contributed by atoms with E-state index in [0.29, 0.717) is 27.7 Å². The summed E-state index contributed by atoms with van der Waals surface area (Å²) >= 11 is 6.09. The Morgan fingerprint density at radius 3 is 2.50 bits per heavy atom. The molecule has 0 saturated carbocycles. The van der Waals surface area contributed by atoms with E-state index in [9.17, 15) is 4.79 Å². The van der Waals surface area contributed by atoms with E-state index < -0.39 is 0 Å². The van der Waals surface area contributed by atoms with Crippen LogP contribution < -0.4 is 16.4 Å². The van der Waals surface area contributed by atoms with Crippen molar-refractivity contribution in [2.24, 2.45) is 0 Å². The van der Waals surface area contributed by atoms with E-state index in [1.54, 1.807) is 30.5 Å². The molecule has 0 aliphatic carbocycles. The summed E-state index contributed by atoms with van der Waals surface area (Å²) < 4.78 is 5.20. The summed E-state index contributed by atoms with van der Waals surface area (Å²) in [6.45, 7) is 1.90. The van der Waals surface area contributed by atoms with Crippen molar-refractivity contribution in [1.29, 1.82) is 0 Å². The van der Waals surface area contributed by atoms with Gasteiger partial charge in [0.1, 0.15) is 0 Å². The number of halogens is 1. The number of benzene rings is 3. The Morgan fingerprint density at radius 1 is 1.04 bits per heavy atom. The molecule has 0 radical (unpaired) electrons. The van der Waals surface area contributed by atoms with Gasteiger partial charge in [0.15, 0.2) is 5.58 Å². The SMILES string of the molecule is Cc1ccc(NC(=O)Nc2ccc(-c3c(N)ccc4oncc34)cc2)cc1Cl. The molecule has 0 saturated heterocycles. The maximum absolute atomic E-state index is 12.2. The van der Waals surface area contributed by atoms with E-state index in [2.05, 4.69) is 15.8 Å². The largest absolute Gasteiger partial charge is 0.398 e. The summed E-state index contributed by atoms with van der Waals surface area (Å²) in [5.41, 5.74) is 11.4. The van der Waals surface area contributed by atoms with Gasteiger partial charge in [-0.15, -0.1) is 0 Å². The molecule has 0 atom stereocenters. The predicted molar refractivity (Wildman–Crippen MR) is 113 cm³/mol. The van der Waals surface area contributed by atoms with E-state index >= 15 is 0 Å². The van der Waals surface area contributed by atoms with Crippen molar-refractivity contribution in [1.82, 2.24) is 5.16 Å². The number of nitrogens with one attached hydrogen (secondary N) is 2. The molecule has 0 unspecified atom stereocenters. The standard InChI is InChI=1S/C21H17ClN4O2/c1-12-2-5-15(10-17(12)22)26-21(27)25-14-6-3-13(4-7-14)20-16-11-24-28-19(16)9-8-18(20)23/h2-11H,23H2,1H3,(H2,25,26,27). The van der Waals surface area contributed by atoms with E-state index in [1.807, 2.05) is 37.3 Å². The van der Waals surface area contributed by atoms with E-state index in [4.69, 9.17) is 21.9 Å². The molecule has 3 aromatic carbocycles. The highest BCUT2D eigenvalue weighted by Gasteiger charge is 2.11. The van der Waals surface area contributed by atoms with Crippen LogP contribution in [0.4, 0.5) is 21.9 Å². The van der Waals surface area contributed by atoms with Gasteiger partial charge in [0, 0.05) is 27.6 Å². The number of carbonyl (C=O) groups is 1. The summed E-state index contributed by atoms with van der Waals surface area (Å²) in [5, 5.41) is 10.8. The third kappa shape index (κ3) is 3.50. The molecule has 2 amide bonds. The summed E-state index contributed by atoms with van der Waals surface area (Å²) in [6, 6.07) is 16.0. The zero-order chi connectivity index (χ0) is 19.7. The lowest BCUT2D eigenvalue weighted by molar-refractivity contribution is 0.262. The van der Waals surface area contributed by atoms with Gasteiger partial charge in [0.2, 0.25) is 0 Å². The second-order valence-electron chi connectivity index (χ2n) is 6.39. The van der Waals surface area contributed by atoms with Crippen LogP contribution >= 0.6 is 11.6 Å². The molecule has 0 aliphatic heterocycles. The fourth-order valence-corrected chi connectivity index (χ4v) is 3.15. The first-order valence-electron chi connectivity index (χ1n) is 8.59. The Balaban J connectivity index is 1.51. The number of aryl methyl sites for hydroxylation is 1. The number of hydrogen-bond acceptors (Lipinski definition) is 4. The number of anilines is 3. The monoisotopic (exact) mass is 392 g/mol.